The number of rotatable bonds is 2. The van der Waals surface area contributed by atoms with Gasteiger partial charge >= 0.3 is 0 Å². The third-order valence-corrected chi connectivity index (χ3v) is 4.20. The molecule has 1 N–H and O–H groups in total. The first-order valence-electron chi connectivity index (χ1n) is 7.27. The third-order valence-electron chi connectivity index (χ3n) is 4.20. The number of hydrogen-bond acceptors (Lipinski definition) is 4. The summed E-state index contributed by atoms with van der Waals surface area (Å²) in [6.07, 6.45) is 4.81. The molecule has 1 fully saturated rings. The minimum Gasteiger partial charge on any atom is -0.508 e. The van der Waals surface area contributed by atoms with E-state index in [1.165, 1.54) is 12.8 Å². The number of hydrogen-bond donors (Lipinski definition) is 1. The van der Waals surface area contributed by atoms with Crippen LogP contribution in [-0.4, -0.2) is 15.2 Å². The fourth-order valence-corrected chi connectivity index (χ4v) is 2.93. The fraction of sp³-hybridized carbons (Fsp3) is 0.500. The maximum Gasteiger partial charge on any atom is 0.258 e. The Kier molecular flexibility index (Phi) is 3.47. The van der Waals surface area contributed by atoms with E-state index in [-0.39, 0.29) is 5.75 Å². The van der Waals surface area contributed by atoms with Crippen LogP contribution in [0.5, 0.6) is 5.75 Å². The maximum atomic E-state index is 9.76. The summed E-state index contributed by atoms with van der Waals surface area (Å²) in [6.45, 7) is 4.15. The highest BCUT2D eigenvalue weighted by atomic mass is 16.5. The summed E-state index contributed by atoms with van der Waals surface area (Å²) in [5.41, 5.74) is 1.62. The van der Waals surface area contributed by atoms with E-state index < -0.39 is 0 Å². The van der Waals surface area contributed by atoms with Gasteiger partial charge in [-0.2, -0.15) is 4.98 Å². The van der Waals surface area contributed by atoms with E-state index in [0.717, 1.165) is 35.7 Å². The van der Waals surface area contributed by atoms with Crippen molar-refractivity contribution in [3.8, 4) is 17.2 Å². The molecule has 1 heterocycles. The molecular formula is C16H20N2O2. The second-order valence-corrected chi connectivity index (χ2v) is 5.93. The predicted octanol–water partition coefficient (Wildman–Crippen LogP) is 4.04. The lowest BCUT2D eigenvalue weighted by molar-refractivity contribution is 0.324. The van der Waals surface area contributed by atoms with Gasteiger partial charge in [0.1, 0.15) is 5.75 Å². The topological polar surface area (TPSA) is 59.2 Å². The largest absolute Gasteiger partial charge is 0.508 e. The van der Waals surface area contributed by atoms with Gasteiger partial charge in [-0.05, 0) is 43.4 Å². The molecule has 1 aliphatic rings. The minimum absolute atomic E-state index is 0.258. The Morgan fingerprint density at radius 3 is 2.90 bits per heavy atom. The van der Waals surface area contributed by atoms with Crippen molar-refractivity contribution >= 4 is 0 Å². The molecule has 1 aliphatic carbocycles. The molecule has 106 valence electrons. The summed E-state index contributed by atoms with van der Waals surface area (Å²) in [6, 6.07) is 5.43. The van der Waals surface area contributed by atoms with E-state index in [9.17, 15) is 5.11 Å². The molecule has 0 amide bonds. The lowest BCUT2D eigenvalue weighted by atomic mass is 9.82. The van der Waals surface area contributed by atoms with Crippen LogP contribution in [0.4, 0.5) is 0 Å². The predicted molar refractivity (Wildman–Crippen MR) is 76.5 cm³/mol. The van der Waals surface area contributed by atoms with Crippen molar-refractivity contribution in [2.24, 2.45) is 5.92 Å². The monoisotopic (exact) mass is 272 g/mol. The number of aromatic hydroxyl groups is 1. The van der Waals surface area contributed by atoms with Crippen LogP contribution in [0.2, 0.25) is 0 Å². The number of phenols is 1. The zero-order chi connectivity index (χ0) is 14.1. The summed E-state index contributed by atoms with van der Waals surface area (Å²) in [5, 5.41) is 13.9. The molecule has 0 spiro atoms. The Morgan fingerprint density at radius 2 is 2.15 bits per heavy atom. The first-order valence-corrected chi connectivity index (χ1v) is 7.27. The average Bonchev–Trinajstić information content (AvgIpc) is 2.92. The molecule has 0 saturated heterocycles. The van der Waals surface area contributed by atoms with Crippen LogP contribution in [0.3, 0.4) is 0 Å². The highest BCUT2D eigenvalue weighted by Gasteiger charge is 2.24. The Bertz CT molecular complexity index is 606. The summed E-state index contributed by atoms with van der Waals surface area (Å²) in [5.74, 6) is 2.71. The van der Waals surface area contributed by atoms with Gasteiger partial charge in [-0.3, -0.25) is 0 Å². The van der Waals surface area contributed by atoms with E-state index >= 15 is 0 Å². The molecular weight excluding hydrogens is 252 g/mol. The van der Waals surface area contributed by atoms with Gasteiger partial charge in [-0.1, -0.05) is 31.0 Å². The number of phenolic OH excluding ortho intramolecular Hbond substituents is 1. The molecule has 0 aliphatic heterocycles. The highest BCUT2D eigenvalue weighted by Crippen LogP contribution is 2.35. The Balaban J connectivity index is 1.84. The molecule has 2 aromatic rings. The van der Waals surface area contributed by atoms with E-state index in [0.29, 0.717) is 11.8 Å². The van der Waals surface area contributed by atoms with Crippen LogP contribution >= 0.6 is 0 Å². The van der Waals surface area contributed by atoms with Gasteiger partial charge in [0, 0.05) is 11.5 Å². The maximum absolute atomic E-state index is 9.76. The molecule has 1 aromatic heterocycles. The number of aryl methyl sites for hydroxylation is 1. The molecule has 0 radical (unpaired) electrons. The molecule has 1 aromatic carbocycles. The second-order valence-electron chi connectivity index (χ2n) is 5.93. The van der Waals surface area contributed by atoms with Crippen molar-refractivity contribution in [3.05, 3.63) is 29.6 Å². The van der Waals surface area contributed by atoms with Crippen LogP contribution in [0, 0.1) is 12.8 Å². The fourth-order valence-electron chi connectivity index (χ4n) is 2.93. The first-order chi connectivity index (χ1) is 9.63. The molecule has 3 rings (SSSR count). The molecule has 2 atom stereocenters. The van der Waals surface area contributed by atoms with E-state index in [1.54, 1.807) is 6.07 Å². The average molecular weight is 272 g/mol. The lowest BCUT2D eigenvalue weighted by Crippen LogP contribution is -2.12. The minimum atomic E-state index is 0.258. The summed E-state index contributed by atoms with van der Waals surface area (Å²) < 4.78 is 5.36. The summed E-state index contributed by atoms with van der Waals surface area (Å²) in [4.78, 5) is 4.52. The van der Waals surface area contributed by atoms with Crippen LogP contribution in [0.15, 0.2) is 22.7 Å². The molecule has 4 heteroatoms. The van der Waals surface area contributed by atoms with Gasteiger partial charge in [0.25, 0.3) is 5.89 Å². The van der Waals surface area contributed by atoms with Crippen LogP contribution in [-0.2, 0) is 0 Å². The van der Waals surface area contributed by atoms with Gasteiger partial charge in [0.2, 0.25) is 0 Å². The van der Waals surface area contributed by atoms with Crippen molar-refractivity contribution in [2.75, 3.05) is 0 Å². The molecule has 4 nitrogen and oxygen atoms in total. The van der Waals surface area contributed by atoms with Crippen molar-refractivity contribution in [3.63, 3.8) is 0 Å². The molecule has 1 saturated carbocycles. The van der Waals surface area contributed by atoms with E-state index in [1.807, 2.05) is 19.1 Å². The Labute approximate surface area is 118 Å². The van der Waals surface area contributed by atoms with Crippen molar-refractivity contribution in [1.82, 2.24) is 10.1 Å². The molecule has 20 heavy (non-hydrogen) atoms. The van der Waals surface area contributed by atoms with Gasteiger partial charge in [-0.25, -0.2) is 0 Å². The number of benzene rings is 1. The van der Waals surface area contributed by atoms with E-state index in [2.05, 4.69) is 17.1 Å². The smallest absolute Gasteiger partial charge is 0.258 e. The quantitative estimate of drug-likeness (QED) is 0.896. The summed E-state index contributed by atoms with van der Waals surface area (Å²) >= 11 is 0. The third kappa shape index (κ3) is 2.55. The number of aromatic nitrogens is 2. The van der Waals surface area contributed by atoms with Crippen LogP contribution in [0.1, 0.15) is 49.9 Å². The zero-order valence-corrected chi connectivity index (χ0v) is 12.0. The van der Waals surface area contributed by atoms with Gasteiger partial charge in [0.05, 0.1) is 0 Å². The van der Waals surface area contributed by atoms with Crippen molar-refractivity contribution in [1.29, 1.82) is 0 Å². The molecule has 0 bridgehead atoms. The Morgan fingerprint density at radius 1 is 1.30 bits per heavy atom. The Hall–Kier alpha value is -1.84. The second kappa shape index (κ2) is 5.27. The standard InChI is InChI=1S/C16H20N2O2/c1-10-4-3-5-12(8-10)15-17-16(20-18-15)13-7-6-11(2)14(19)9-13/h6-7,9-10,12,19H,3-5,8H2,1-2H3. The van der Waals surface area contributed by atoms with Gasteiger partial charge in [-0.15, -0.1) is 0 Å². The van der Waals surface area contributed by atoms with Crippen molar-refractivity contribution < 1.29 is 9.63 Å². The van der Waals surface area contributed by atoms with Gasteiger partial charge < -0.3 is 9.63 Å². The highest BCUT2D eigenvalue weighted by molar-refractivity contribution is 5.57. The van der Waals surface area contributed by atoms with E-state index in [4.69, 9.17) is 4.52 Å². The number of nitrogens with zero attached hydrogens (tertiary/aromatic N) is 2. The van der Waals surface area contributed by atoms with Crippen molar-refractivity contribution in [2.45, 2.75) is 45.4 Å². The van der Waals surface area contributed by atoms with Crippen LogP contribution < -0.4 is 0 Å². The SMILES string of the molecule is Cc1ccc(-c2nc(C3CCCC(C)C3)no2)cc1O. The first kappa shape index (κ1) is 13.2. The summed E-state index contributed by atoms with van der Waals surface area (Å²) in [7, 11) is 0. The normalized spacial score (nSPS) is 22.9. The van der Waals surface area contributed by atoms with Gasteiger partial charge in [0.15, 0.2) is 5.82 Å². The zero-order valence-electron chi connectivity index (χ0n) is 12.0. The lowest BCUT2D eigenvalue weighted by Gasteiger charge is -2.23. The van der Waals surface area contributed by atoms with Crippen LogP contribution in [0.25, 0.3) is 11.5 Å². The molecule has 2 unspecified atom stereocenters.